The van der Waals surface area contributed by atoms with Gasteiger partial charge in [0, 0.05) is 26.3 Å². The van der Waals surface area contributed by atoms with Gasteiger partial charge in [0.2, 0.25) is 5.91 Å². The van der Waals surface area contributed by atoms with Gasteiger partial charge in [0.15, 0.2) is 11.6 Å². The highest BCUT2D eigenvalue weighted by atomic mass is 19.1. The molecule has 2 aromatic heterocycles. The van der Waals surface area contributed by atoms with Crippen molar-refractivity contribution in [2.45, 2.75) is 32.7 Å². The molecule has 0 saturated carbocycles. The Morgan fingerprint density at radius 1 is 1.09 bits per heavy atom. The van der Waals surface area contributed by atoms with Crippen LogP contribution in [0.25, 0.3) is 27.7 Å². The van der Waals surface area contributed by atoms with Crippen molar-refractivity contribution in [1.82, 2.24) is 19.4 Å². The normalized spacial score (nSPS) is 16.3. The van der Waals surface area contributed by atoms with Gasteiger partial charge in [-0.05, 0) is 42.7 Å². The number of hydrogen-bond donors (Lipinski definition) is 1. The predicted octanol–water partition coefficient (Wildman–Crippen LogP) is 4.18. The fraction of sp³-hybridized carbons (Fsp3) is 0.281. The number of amides is 2. The van der Waals surface area contributed by atoms with Crippen molar-refractivity contribution in [3.05, 3.63) is 82.3 Å². The van der Waals surface area contributed by atoms with Gasteiger partial charge in [-0.25, -0.2) is 18.0 Å². The Morgan fingerprint density at radius 2 is 1.82 bits per heavy atom. The lowest BCUT2D eigenvalue weighted by Gasteiger charge is -2.40. The molecule has 232 valence electrons. The Labute approximate surface area is 255 Å². The number of aromatic nitrogens is 3. The van der Waals surface area contributed by atoms with E-state index >= 15 is 13.2 Å². The van der Waals surface area contributed by atoms with Gasteiger partial charge in [0.1, 0.15) is 28.9 Å². The van der Waals surface area contributed by atoms with Crippen molar-refractivity contribution in [2.24, 2.45) is 0 Å². The third-order valence-electron chi connectivity index (χ3n) is 8.42. The van der Waals surface area contributed by atoms with Crippen LogP contribution in [0, 0.1) is 24.4 Å². The van der Waals surface area contributed by atoms with E-state index in [1.54, 1.807) is 19.2 Å². The van der Waals surface area contributed by atoms with Gasteiger partial charge in [-0.1, -0.05) is 26.5 Å². The van der Waals surface area contributed by atoms with E-state index in [9.17, 15) is 19.5 Å². The molecule has 1 N–H and O–H groups in total. The summed E-state index contributed by atoms with van der Waals surface area (Å²) in [7, 11) is 1.27. The second-order valence-electron chi connectivity index (χ2n) is 11.4. The summed E-state index contributed by atoms with van der Waals surface area (Å²) in [6.07, 6.45) is 2.65. The fourth-order valence-corrected chi connectivity index (χ4v) is 6.28. The monoisotopic (exact) mass is 618 g/mol. The molecule has 45 heavy (non-hydrogen) atoms. The van der Waals surface area contributed by atoms with Gasteiger partial charge in [0.05, 0.1) is 40.1 Å². The Bertz CT molecular complexity index is 1990. The molecule has 1 saturated heterocycles. The number of halogens is 3. The van der Waals surface area contributed by atoms with Crippen LogP contribution in [0.5, 0.6) is 5.75 Å². The molecule has 6 rings (SSSR count). The van der Waals surface area contributed by atoms with Crippen LogP contribution in [0.2, 0.25) is 0 Å². The Kier molecular flexibility index (Phi) is 7.13. The number of carbonyl (C=O) groups excluding carboxylic acids is 2. The minimum atomic E-state index is -1.34. The number of phenols is 1. The summed E-state index contributed by atoms with van der Waals surface area (Å²) in [4.78, 5) is 53.2. The van der Waals surface area contributed by atoms with Crippen molar-refractivity contribution in [1.29, 1.82) is 0 Å². The number of aromatic hydroxyl groups is 1. The van der Waals surface area contributed by atoms with Crippen molar-refractivity contribution < 1.29 is 27.9 Å². The second-order valence-corrected chi connectivity index (χ2v) is 11.4. The lowest BCUT2D eigenvalue weighted by atomic mass is 9.97. The van der Waals surface area contributed by atoms with Crippen molar-refractivity contribution in [2.75, 3.05) is 36.5 Å². The first kappa shape index (κ1) is 29.9. The molecular formula is C32H29F3N6O4. The first-order chi connectivity index (χ1) is 21.4. The molecule has 2 aliphatic heterocycles. The number of carbonyl (C=O) groups is 2. The third kappa shape index (κ3) is 4.36. The largest absolute Gasteiger partial charge is 0.507 e. The van der Waals surface area contributed by atoms with Crippen LogP contribution >= 0.6 is 0 Å². The summed E-state index contributed by atoms with van der Waals surface area (Å²) in [6.45, 7) is 8.85. The van der Waals surface area contributed by atoms with Crippen LogP contribution in [0.3, 0.4) is 0 Å². The van der Waals surface area contributed by atoms with E-state index in [-0.39, 0.29) is 42.4 Å². The molecule has 13 heteroatoms. The van der Waals surface area contributed by atoms with Crippen LogP contribution in [0.1, 0.15) is 31.0 Å². The van der Waals surface area contributed by atoms with Gasteiger partial charge >= 0.3 is 5.69 Å². The van der Waals surface area contributed by atoms with E-state index in [1.807, 2.05) is 13.8 Å². The SMILES string of the molecule is C=CC(=O)N1CCN2c3nc(=O)n(-c4c(C)ccnc4C(C)C)c4c(F)c(-c5c(O)cccc5F)c(F)c(c34)N(C)C(=O)C2C1. The van der Waals surface area contributed by atoms with E-state index < -0.39 is 69.1 Å². The minimum Gasteiger partial charge on any atom is -0.507 e. The van der Waals surface area contributed by atoms with E-state index in [0.717, 1.165) is 27.7 Å². The Balaban J connectivity index is 1.82. The van der Waals surface area contributed by atoms with Gasteiger partial charge in [-0.2, -0.15) is 4.98 Å². The molecule has 0 spiro atoms. The first-order valence-electron chi connectivity index (χ1n) is 14.3. The number of anilines is 2. The quantitative estimate of drug-likeness (QED) is 0.342. The minimum absolute atomic E-state index is 0.0110. The second kappa shape index (κ2) is 10.8. The number of benzene rings is 2. The summed E-state index contributed by atoms with van der Waals surface area (Å²) < 4.78 is 50.3. The number of piperazine rings is 1. The average Bonchev–Trinajstić information content (AvgIpc) is 3.09. The smallest absolute Gasteiger partial charge is 0.354 e. The molecule has 4 aromatic rings. The van der Waals surface area contributed by atoms with Gasteiger partial charge in [-0.15, -0.1) is 0 Å². The molecule has 2 aromatic carbocycles. The van der Waals surface area contributed by atoms with E-state index in [4.69, 9.17) is 0 Å². The molecular weight excluding hydrogens is 589 g/mol. The van der Waals surface area contributed by atoms with Crippen molar-refractivity contribution in [3.63, 3.8) is 0 Å². The maximum Gasteiger partial charge on any atom is 0.354 e. The lowest BCUT2D eigenvalue weighted by Crippen LogP contribution is -2.60. The summed E-state index contributed by atoms with van der Waals surface area (Å²) in [5.74, 6) is -6.07. The Hall–Kier alpha value is -5.20. The molecule has 0 bridgehead atoms. The highest BCUT2D eigenvalue weighted by Gasteiger charge is 2.44. The highest BCUT2D eigenvalue weighted by molar-refractivity contribution is 6.14. The summed E-state index contributed by atoms with van der Waals surface area (Å²) in [5, 5.41) is 10.4. The van der Waals surface area contributed by atoms with Crippen molar-refractivity contribution in [3.8, 4) is 22.6 Å². The summed E-state index contributed by atoms with van der Waals surface area (Å²) in [5.41, 5.74) is -2.47. The average molecular weight is 619 g/mol. The standard InChI is InChI=1S/C32H29F3N6O4/c1-6-20(43)39-12-13-40-18(14-39)31(44)38(5)28-23-29(25(35)22(24(28)34)21-17(33)8-7-9-19(21)42)41(32(45)37-30(23)40)27-16(4)10-11-36-26(27)15(2)3/h6-11,15,18,42H,1,12-14H2,2-5H3. The molecule has 1 unspecified atom stereocenters. The number of hydrogen-bond acceptors (Lipinski definition) is 7. The number of aryl methyl sites for hydroxylation is 1. The topological polar surface area (TPSA) is 112 Å². The number of pyridine rings is 1. The molecule has 1 fully saturated rings. The van der Waals surface area contributed by atoms with E-state index in [2.05, 4.69) is 16.5 Å². The van der Waals surface area contributed by atoms with Crippen LogP contribution < -0.4 is 15.5 Å². The van der Waals surface area contributed by atoms with Crippen molar-refractivity contribution >= 4 is 34.2 Å². The number of nitrogens with zero attached hydrogens (tertiary/aromatic N) is 6. The maximum atomic E-state index is 17.2. The molecule has 0 radical (unpaired) electrons. The van der Waals surface area contributed by atoms with Crippen LogP contribution in [-0.2, 0) is 9.59 Å². The van der Waals surface area contributed by atoms with Gasteiger partial charge < -0.3 is 19.8 Å². The molecule has 10 nitrogen and oxygen atoms in total. The highest BCUT2D eigenvalue weighted by Crippen LogP contribution is 2.47. The Morgan fingerprint density at radius 3 is 2.49 bits per heavy atom. The maximum absolute atomic E-state index is 17.2. The summed E-state index contributed by atoms with van der Waals surface area (Å²) >= 11 is 0. The zero-order chi connectivity index (χ0) is 32.5. The number of likely N-dealkylation sites (N-methyl/N-ethyl adjacent to an activating group) is 1. The van der Waals surface area contributed by atoms with Crippen LogP contribution in [-0.4, -0.2) is 69.1 Å². The molecule has 0 aliphatic carbocycles. The van der Waals surface area contributed by atoms with Gasteiger partial charge in [0.25, 0.3) is 5.91 Å². The zero-order valence-electron chi connectivity index (χ0n) is 24.9. The lowest BCUT2D eigenvalue weighted by molar-refractivity contribution is -0.128. The molecule has 1 atom stereocenters. The molecule has 2 amide bonds. The number of fused-ring (bicyclic) bond motifs is 2. The van der Waals surface area contributed by atoms with Gasteiger partial charge in [-0.3, -0.25) is 19.1 Å². The zero-order valence-corrected chi connectivity index (χ0v) is 24.9. The number of phenolic OH excluding ortho intramolecular Hbond substituents is 1. The van der Waals surface area contributed by atoms with E-state index in [1.165, 1.54) is 22.9 Å². The first-order valence-corrected chi connectivity index (χ1v) is 14.3. The number of rotatable bonds is 4. The third-order valence-corrected chi connectivity index (χ3v) is 8.42. The van der Waals surface area contributed by atoms with Crippen LogP contribution in [0.4, 0.5) is 24.7 Å². The molecule has 4 heterocycles. The summed E-state index contributed by atoms with van der Waals surface area (Å²) in [6, 6.07) is 3.69. The van der Waals surface area contributed by atoms with Crippen LogP contribution in [0.15, 0.2) is 47.9 Å². The van der Waals surface area contributed by atoms with E-state index in [0.29, 0.717) is 11.3 Å². The fourth-order valence-electron chi connectivity index (χ4n) is 6.28. The predicted molar refractivity (Wildman–Crippen MR) is 162 cm³/mol. The molecule has 2 aliphatic rings.